The van der Waals surface area contributed by atoms with Gasteiger partial charge in [0.2, 0.25) is 0 Å². The number of hydrogen-bond acceptors (Lipinski definition) is 1. The maximum absolute atomic E-state index is 14.2. The Morgan fingerprint density at radius 1 is 0.833 bits per heavy atom. The molecule has 1 aromatic rings. The Balaban J connectivity index is 3.11. The van der Waals surface area contributed by atoms with E-state index in [0.29, 0.717) is 0 Å². The van der Waals surface area contributed by atoms with Crippen molar-refractivity contribution in [2.45, 2.75) is 36.3 Å². The van der Waals surface area contributed by atoms with Crippen LogP contribution in [0.25, 0.3) is 0 Å². The zero-order valence-corrected chi connectivity index (χ0v) is 16.5. The number of carbonyl (C=O) groups is 1. The summed E-state index contributed by atoms with van der Waals surface area (Å²) in [6.07, 6.45) is -15.8. The van der Waals surface area contributed by atoms with Crippen LogP contribution < -0.4 is 5.32 Å². The van der Waals surface area contributed by atoms with Crippen LogP contribution in [0.5, 0.6) is 0 Å². The van der Waals surface area contributed by atoms with Gasteiger partial charge >= 0.3 is 24.2 Å². The van der Waals surface area contributed by atoms with Crippen LogP contribution in [0.3, 0.4) is 0 Å². The highest BCUT2D eigenvalue weighted by Gasteiger charge is 2.85. The topological polar surface area (TPSA) is 29.1 Å². The Morgan fingerprint density at radius 2 is 1.33 bits per heavy atom. The Morgan fingerprint density at radius 3 is 1.77 bits per heavy atom. The molecule has 0 radical (unpaired) electrons. The lowest BCUT2D eigenvalue weighted by Gasteiger charge is -2.37. The molecule has 0 aliphatic heterocycles. The quantitative estimate of drug-likeness (QED) is 0.307. The van der Waals surface area contributed by atoms with Gasteiger partial charge in [0.15, 0.2) is 0 Å². The highest BCUT2D eigenvalue weighted by atomic mass is 127. The summed E-state index contributed by atoms with van der Waals surface area (Å²) in [4.78, 5) is 11.7. The predicted octanol–water partition coefficient (Wildman–Crippen LogP) is 6.23. The van der Waals surface area contributed by atoms with E-state index in [9.17, 15) is 53.1 Å². The van der Waals surface area contributed by atoms with Crippen molar-refractivity contribution in [3.05, 3.63) is 45.6 Å². The Bertz CT molecular complexity index is 774. The first-order chi connectivity index (χ1) is 13.4. The molecule has 1 rings (SSSR count). The highest BCUT2D eigenvalue weighted by Crippen LogP contribution is 2.58. The molecular weight excluding hydrogens is 558 g/mol. The van der Waals surface area contributed by atoms with Crippen molar-refractivity contribution in [2.75, 3.05) is 6.54 Å². The standard InChI is InChI=1S/C16H11F11INO/c17-12(15(22,23)24,13(18,19)14(20,21)16(25,26)27)8-10(28)6-7-29-11(30)9-4-2-1-3-5-9/h1-5,8H,6-7H2,(H,29,30). The zero-order valence-electron chi connectivity index (χ0n) is 14.3. The second-order valence-electron chi connectivity index (χ2n) is 5.82. The molecule has 0 spiro atoms. The van der Waals surface area contributed by atoms with Crippen molar-refractivity contribution < 1.29 is 53.1 Å². The third-order valence-corrected chi connectivity index (χ3v) is 4.51. The van der Waals surface area contributed by atoms with E-state index in [-0.39, 0.29) is 5.56 Å². The van der Waals surface area contributed by atoms with Crippen LogP contribution >= 0.6 is 22.6 Å². The number of amides is 1. The van der Waals surface area contributed by atoms with Crippen LogP contribution in [0.4, 0.5) is 48.3 Å². The average Bonchev–Trinajstić information content (AvgIpc) is 2.60. The first-order valence-corrected chi connectivity index (χ1v) is 8.75. The van der Waals surface area contributed by atoms with Gasteiger partial charge in [0.1, 0.15) is 0 Å². The molecule has 1 unspecified atom stereocenters. The zero-order chi connectivity index (χ0) is 23.6. The minimum absolute atomic E-state index is 0.114. The van der Waals surface area contributed by atoms with Crippen molar-refractivity contribution in [1.29, 1.82) is 0 Å². The van der Waals surface area contributed by atoms with Gasteiger partial charge in [-0.1, -0.05) is 18.2 Å². The summed E-state index contributed by atoms with van der Waals surface area (Å²) in [5, 5.41) is 2.14. The molecule has 0 fully saturated rings. The third kappa shape index (κ3) is 5.17. The molecule has 0 saturated heterocycles. The van der Waals surface area contributed by atoms with Crippen molar-refractivity contribution >= 4 is 28.5 Å². The Kier molecular flexibility index (Phi) is 7.81. The van der Waals surface area contributed by atoms with Crippen LogP contribution in [0.2, 0.25) is 0 Å². The summed E-state index contributed by atoms with van der Waals surface area (Å²) < 4.78 is 142. The number of carbonyl (C=O) groups excluding carboxylic acids is 1. The molecule has 1 amide bonds. The van der Waals surface area contributed by atoms with Crippen LogP contribution in [0.15, 0.2) is 40.0 Å². The van der Waals surface area contributed by atoms with Gasteiger partial charge in [-0.25, -0.2) is 4.39 Å². The fourth-order valence-corrected chi connectivity index (χ4v) is 2.73. The molecule has 30 heavy (non-hydrogen) atoms. The summed E-state index contributed by atoms with van der Waals surface area (Å²) in [6, 6.07) is 7.22. The van der Waals surface area contributed by atoms with E-state index >= 15 is 0 Å². The lowest BCUT2D eigenvalue weighted by Crippen LogP contribution is -2.66. The summed E-state index contributed by atoms with van der Waals surface area (Å²) in [7, 11) is 0. The molecule has 2 nitrogen and oxygen atoms in total. The largest absolute Gasteiger partial charge is 0.460 e. The molecule has 1 aromatic carbocycles. The van der Waals surface area contributed by atoms with E-state index in [2.05, 4.69) is 5.32 Å². The maximum atomic E-state index is 14.2. The molecule has 0 aliphatic carbocycles. The normalized spacial score (nSPS) is 16.2. The van der Waals surface area contributed by atoms with E-state index in [4.69, 9.17) is 0 Å². The van der Waals surface area contributed by atoms with Gasteiger partial charge in [-0.05, 0) is 50.8 Å². The van der Waals surface area contributed by atoms with Gasteiger partial charge < -0.3 is 5.32 Å². The predicted molar refractivity (Wildman–Crippen MR) is 91.3 cm³/mol. The molecule has 0 bridgehead atoms. The summed E-state index contributed by atoms with van der Waals surface area (Å²) in [5.41, 5.74) is -6.22. The first kappa shape index (κ1) is 26.4. The number of alkyl halides is 11. The lowest BCUT2D eigenvalue weighted by molar-refractivity contribution is -0.402. The smallest absolute Gasteiger partial charge is 0.352 e. The molecular formula is C16H11F11INO. The van der Waals surface area contributed by atoms with Gasteiger partial charge in [0.25, 0.3) is 11.6 Å². The van der Waals surface area contributed by atoms with E-state index in [1.54, 1.807) is 6.07 Å². The Labute approximate surface area is 175 Å². The molecule has 0 aromatic heterocycles. The van der Waals surface area contributed by atoms with Gasteiger partial charge in [-0.2, -0.15) is 43.9 Å². The summed E-state index contributed by atoms with van der Waals surface area (Å²) in [6.45, 7) is -0.544. The van der Waals surface area contributed by atoms with E-state index < -0.39 is 58.4 Å². The van der Waals surface area contributed by atoms with Crippen molar-refractivity contribution in [2.24, 2.45) is 0 Å². The van der Waals surface area contributed by atoms with Crippen LogP contribution in [-0.2, 0) is 0 Å². The molecule has 1 N–H and O–H groups in total. The summed E-state index contributed by atoms with van der Waals surface area (Å²) in [5.74, 6) is -15.3. The minimum Gasteiger partial charge on any atom is -0.352 e. The van der Waals surface area contributed by atoms with Crippen molar-refractivity contribution in [3.63, 3.8) is 0 Å². The number of halogens is 12. The second kappa shape index (κ2) is 8.86. The van der Waals surface area contributed by atoms with Crippen molar-refractivity contribution in [1.82, 2.24) is 5.32 Å². The van der Waals surface area contributed by atoms with Gasteiger partial charge in [0.05, 0.1) is 0 Å². The monoisotopic (exact) mass is 569 g/mol. The van der Waals surface area contributed by atoms with Crippen molar-refractivity contribution in [3.8, 4) is 0 Å². The number of rotatable bonds is 7. The highest BCUT2D eigenvalue weighted by molar-refractivity contribution is 14.1. The maximum Gasteiger partial charge on any atom is 0.460 e. The Hall–Kier alpha value is -1.61. The van der Waals surface area contributed by atoms with E-state index in [1.165, 1.54) is 24.3 Å². The molecule has 1 atom stereocenters. The molecule has 14 heteroatoms. The summed E-state index contributed by atoms with van der Waals surface area (Å²) >= 11 is 0.868. The molecule has 0 heterocycles. The van der Waals surface area contributed by atoms with E-state index in [0.717, 1.165) is 22.6 Å². The van der Waals surface area contributed by atoms with Gasteiger partial charge in [0, 0.05) is 12.1 Å². The molecule has 0 saturated carbocycles. The number of benzene rings is 1. The van der Waals surface area contributed by atoms with Gasteiger partial charge in [-0.3, -0.25) is 4.79 Å². The van der Waals surface area contributed by atoms with Crippen LogP contribution in [-0.4, -0.2) is 42.3 Å². The van der Waals surface area contributed by atoms with Crippen LogP contribution in [0.1, 0.15) is 16.8 Å². The second-order valence-corrected chi connectivity index (χ2v) is 7.20. The van der Waals surface area contributed by atoms with Gasteiger partial charge in [-0.15, -0.1) is 0 Å². The fraction of sp³-hybridized carbons (Fsp3) is 0.438. The molecule has 0 aliphatic rings. The van der Waals surface area contributed by atoms with Crippen LogP contribution in [0, 0.1) is 0 Å². The average molecular weight is 569 g/mol. The third-order valence-electron chi connectivity index (χ3n) is 3.66. The SMILES string of the molecule is O=C(NCCC(I)=CC(F)(C(F)(F)F)C(F)(F)C(F)(F)C(F)(F)F)c1ccccc1. The van der Waals surface area contributed by atoms with E-state index in [1.807, 2.05) is 0 Å². The minimum atomic E-state index is -7.32. The number of allylic oxidation sites excluding steroid dienone is 1. The first-order valence-electron chi connectivity index (χ1n) is 7.67. The number of nitrogens with one attached hydrogen (secondary N) is 1. The lowest BCUT2D eigenvalue weighted by atomic mass is 9.90. The molecule has 170 valence electrons. The number of hydrogen-bond donors (Lipinski definition) is 1. The fourth-order valence-electron chi connectivity index (χ4n) is 2.03.